The Morgan fingerprint density at radius 1 is 0.923 bits per heavy atom. The Labute approximate surface area is 172 Å². The second-order valence-electron chi connectivity index (χ2n) is 7.78. The number of amides is 1. The van der Waals surface area contributed by atoms with Gasteiger partial charge in [0.1, 0.15) is 0 Å². The topological polar surface area (TPSA) is 78.4 Å². The van der Waals surface area contributed by atoms with Crippen molar-refractivity contribution in [2.45, 2.75) is 57.7 Å². The highest BCUT2D eigenvalue weighted by Gasteiger charge is 2.39. The van der Waals surface area contributed by atoms with Crippen molar-refractivity contribution in [1.29, 1.82) is 0 Å². The molecule has 0 unspecified atom stereocenters. The maximum atomic E-state index is 12.9. The first-order valence-corrected chi connectivity index (χ1v) is 9.46. The van der Waals surface area contributed by atoms with Gasteiger partial charge in [0.25, 0.3) is 5.91 Å². The monoisotopic (exact) mass is 440 g/mol. The molecule has 1 aliphatic rings. The van der Waals surface area contributed by atoms with Gasteiger partial charge in [-0.25, -0.2) is 4.79 Å². The minimum Gasteiger partial charge on any atom is -0.478 e. The molecule has 0 aliphatic carbocycles. The molecule has 0 aromatic heterocycles. The molecule has 0 bridgehead atoms. The smallest absolute Gasteiger partial charge is 0.338 e. The summed E-state index contributed by atoms with van der Waals surface area (Å²) in [6.45, 7) is 8.16. The number of carboxylic acids is 1. The van der Waals surface area contributed by atoms with E-state index in [0.29, 0.717) is 12.8 Å². The molecule has 0 spiro atoms. The molecular weight excluding hydrogens is 422 g/mol. The first kappa shape index (κ1) is 21.6. The lowest BCUT2D eigenvalue weighted by Gasteiger charge is -2.46. The average Bonchev–Trinajstić information content (AvgIpc) is 2.44. The number of piperidine rings is 1. The van der Waals surface area contributed by atoms with Crippen molar-refractivity contribution < 1.29 is 14.7 Å². The minimum absolute atomic E-state index is 0.153. The summed E-state index contributed by atoms with van der Waals surface area (Å²) in [5, 5.41) is 15.0. The number of hydrogen-bond acceptors (Lipinski definition) is 3. The molecule has 1 fully saturated rings. The van der Waals surface area contributed by atoms with Crippen molar-refractivity contribution in [1.82, 2.24) is 10.6 Å². The van der Waals surface area contributed by atoms with E-state index in [4.69, 9.17) is 46.4 Å². The van der Waals surface area contributed by atoms with Crippen LogP contribution in [0.5, 0.6) is 0 Å². The molecule has 0 saturated carbocycles. The van der Waals surface area contributed by atoms with E-state index in [-0.39, 0.29) is 42.8 Å². The van der Waals surface area contributed by atoms with Gasteiger partial charge in [-0.2, -0.15) is 0 Å². The second-order valence-corrected chi connectivity index (χ2v) is 9.29. The van der Waals surface area contributed by atoms with Gasteiger partial charge in [0, 0.05) is 17.1 Å². The molecule has 9 heteroatoms. The standard InChI is InChI=1S/C17H20Cl4N2O3/c1-16(2)5-7(6-17(3,4)23-16)22-14(24)8-9(15(25)26)11(19)13(21)12(20)10(8)18/h7,23H,5-6H2,1-4H3,(H,22,24)(H,25,26). The second kappa shape index (κ2) is 7.36. The van der Waals surface area contributed by atoms with Crippen molar-refractivity contribution in [2.24, 2.45) is 0 Å². The predicted molar refractivity (Wildman–Crippen MR) is 105 cm³/mol. The van der Waals surface area contributed by atoms with Crippen LogP contribution in [0.1, 0.15) is 61.3 Å². The van der Waals surface area contributed by atoms with E-state index < -0.39 is 17.4 Å². The van der Waals surface area contributed by atoms with Crippen LogP contribution in [-0.2, 0) is 0 Å². The van der Waals surface area contributed by atoms with Crippen LogP contribution in [0.2, 0.25) is 20.1 Å². The van der Waals surface area contributed by atoms with E-state index in [1.165, 1.54) is 0 Å². The lowest BCUT2D eigenvalue weighted by Crippen LogP contribution is -2.62. The first-order chi connectivity index (χ1) is 11.8. The Kier molecular flexibility index (Phi) is 6.11. The molecule has 2 rings (SSSR count). The minimum atomic E-state index is -1.41. The summed E-state index contributed by atoms with van der Waals surface area (Å²) in [4.78, 5) is 24.5. The van der Waals surface area contributed by atoms with Crippen LogP contribution in [0.3, 0.4) is 0 Å². The van der Waals surface area contributed by atoms with E-state index in [2.05, 4.69) is 10.6 Å². The van der Waals surface area contributed by atoms with Gasteiger partial charge in [-0.3, -0.25) is 4.79 Å². The number of halogens is 4. The third kappa shape index (κ3) is 4.39. The normalized spacial score (nSPS) is 19.2. The number of hydrogen-bond donors (Lipinski definition) is 3. The van der Waals surface area contributed by atoms with Crippen LogP contribution in [0, 0.1) is 0 Å². The molecule has 144 valence electrons. The Bertz CT molecular complexity index is 762. The fraction of sp³-hybridized carbons (Fsp3) is 0.529. The fourth-order valence-electron chi connectivity index (χ4n) is 3.73. The summed E-state index contributed by atoms with van der Waals surface area (Å²) in [7, 11) is 0. The zero-order valence-corrected chi connectivity index (χ0v) is 17.8. The van der Waals surface area contributed by atoms with Gasteiger partial charge in [-0.05, 0) is 40.5 Å². The summed E-state index contributed by atoms with van der Waals surface area (Å²) in [6.07, 6.45) is 1.33. The predicted octanol–water partition coefficient (Wildman–Crippen LogP) is 5.04. The average molecular weight is 442 g/mol. The van der Waals surface area contributed by atoms with E-state index >= 15 is 0 Å². The quantitative estimate of drug-likeness (QED) is 0.453. The number of carboxylic acid groups (broad SMARTS) is 1. The van der Waals surface area contributed by atoms with Gasteiger partial charge in [-0.1, -0.05) is 46.4 Å². The zero-order chi connectivity index (χ0) is 20.0. The Balaban J connectivity index is 2.43. The number of rotatable bonds is 3. The molecule has 5 nitrogen and oxygen atoms in total. The van der Waals surface area contributed by atoms with Gasteiger partial charge in [-0.15, -0.1) is 0 Å². The van der Waals surface area contributed by atoms with Gasteiger partial charge in [0.15, 0.2) is 0 Å². The lowest BCUT2D eigenvalue weighted by molar-refractivity contribution is 0.0688. The maximum absolute atomic E-state index is 12.9. The number of benzene rings is 1. The molecule has 1 aromatic carbocycles. The summed E-state index contributed by atoms with van der Waals surface area (Å²) < 4.78 is 0. The summed E-state index contributed by atoms with van der Waals surface area (Å²) in [5.41, 5.74) is -1.15. The molecule has 1 amide bonds. The van der Waals surface area contributed by atoms with Crippen LogP contribution >= 0.6 is 46.4 Å². The van der Waals surface area contributed by atoms with E-state index in [0.717, 1.165) is 0 Å². The van der Waals surface area contributed by atoms with Gasteiger partial charge in [0.2, 0.25) is 0 Å². The molecule has 26 heavy (non-hydrogen) atoms. The van der Waals surface area contributed by atoms with Crippen molar-refractivity contribution >= 4 is 58.3 Å². The molecule has 3 N–H and O–H groups in total. The van der Waals surface area contributed by atoms with Gasteiger partial charge in [0.05, 0.1) is 31.2 Å². The van der Waals surface area contributed by atoms with E-state index in [1.54, 1.807) is 0 Å². The fourth-order valence-corrected chi connectivity index (χ4v) is 4.75. The maximum Gasteiger partial charge on any atom is 0.338 e. The van der Waals surface area contributed by atoms with Crippen molar-refractivity contribution in [2.75, 3.05) is 0 Å². The highest BCUT2D eigenvalue weighted by molar-refractivity contribution is 6.54. The summed E-state index contributed by atoms with van der Waals surface area (Å²) in [5.74, 6) is -2.06. The van der Waals surface area contributed by atoms with Crippen LogP contribution in [-0.4, -0.2) is 34.1 Å². The molecule has 1 aromatic rings. The first-order valence-electron chi connectivity index (χ1n) is 7.95. The molecule has 0 atom stereocenters. The number of nitrogens with one attached hydrogen (secondary N) is 2. The molecule has 1 aliphatic heterocycles. The summed E-state index contributed by atoms with van der Waals surface area (Å²) in [6, 6.07) is -0.181. The summed E-state index contributed by atoms with van der Waals surface area (Å²) >= 11 is 24.1. The Hall–Kier alpha value is -0.720. The molecular formula is C17H20Cl4N2O3. The molecule has 1 heterocycles. The number of aromatic carboxylic acids is 1. The number of carbonyl (C=O) groups is 2. The van der Waals surface area contributed by atoms with Crippen LogP contribution in [0.25, 0.3) is 0 Å². The molecule has 0 radical (unpaired) electrons. The SMILES string of the molecule is CC1(C)CC(NC(=O)c2c(Cl)c(Cl)c(Cl)c(Cl)c2C(=O)O)CC(C)(C)N1. The van der Waals surface area contributed by atoms with Gasteiger partial charge >= 0.3 is 5.97 Å². The van der Waals surface area contributed by atoms with E-state index in [1.807, 2.05) is 27.7 Å². The van der Waals surface area contributed by atoms with Crippen LogP contribution in [0.4, 0.5) is 0 Å². The van der Waals surface area contributed by atoms with Crippen molar-refractivity contribution in [3.8, 4) is 0 Å². The Morgan fingerprint density at radius 2 is 1.35 bits per heavy atom. The highest BCUT2D eigenvalue weighted by atomic mass is 35.5. The van der Waals surface area contributed by atoms with Gasteiger partial charge < -0.3 is 15.7 Å². The van der Waals surface area contributed by atoms with Crippen LogP contribution < -0.4 is 10.6 Å². The Morgan fingerprint density at radius 3 is 1.77 bits per heavy atom. The lowest BCUT2D eigenvalue weighted by atomic mass is 9.79. The third-order valence-corrected chi connectivity index (χ3v) is 6.04. The van der Waals surface area contributed by atoms with Crippen LogP contribution in [0.15, 0.2) is 0 Å². The van der Waals surface area contributed by atoms with Crippen molar-refractivity contribution in [3.05, 3.63) is 31.2 Å². The zero-order valence-electron chi connectivity index (χ0n) is 14.8. The third-order valence-electron chi connectivity index (χ3n) is 4.23. The molecule has 1 saturated heterocycles. The highest BCUT2D eigenvalue weighted by Crippen LogP contribution is 2.41. The van der Waals surface area contributed by atoms with Crippen molar-refractivity contribution in [3.63, 3.8) is 0 Å². The van der Waals surface area contributed by atoms with E-state index in [9.17, 15) is 14.7 Å². The largest absolute Gasteiger partial charge is 0.478 e. The number of carbonyl (C=O) groups excluding carboxylic acids is 1.